The first-order chi connectivity index (χ1) is 8.89. The molecule has 2 N–H and O–H groups in total. The Morgan fingerprint density at radius 2 is 2.11 bits per heavy atom. The molecule has 2 rings (SSSR count). The van der Waals surface area contributed by atoms with E-state index in [4.69, 9.17) is 5.73 Å². The van der Waals surface area contributed by atoms with Crippen LogP contribution in [0.5, 0.6) is 0 Å². The van der Waals surface area contributed by atoms with Crippen LogP contribution in [0, 0.1) is 17.0 Å². The van der Waals surface area contributed by atoms with Gasteiger partial charge >= 0.3 is 0 Å². The Labute approximate surface area is 113 Å². The van der Waals surface area contributed by atoms with Gasteiger partial charge in [-0.1, -0.05) is 26.0 Å². The summed E-state index contributed by atoms with van der Waals surface area (Å²) in [5, 5.41) is 0. The molecule has 1 heterocycles. The quantitative estimate of drug-likeness (QED) is 0.912. The summed E-state index contributed by atoms with van der Waals surface area (Å²) >= 11 is 0. The minimum Gasteiger partial charge on any atom is -0.323 e. The number of halogens is 2. The minimum absolute atomic E-state index is 0.267. The van der Waals surface area contributed by atoms with Crippen molar-refractivity contribution in [2.24, 2.45) is 11.1 Å². The molecule has 0 saturated carbocycles. The Morgan fingerprint density at radius 1 is 1.37 bits per heavy atom. The van der Waals surface area contributed by atoms with Crippen molar-refractivity contribution in [3.8, 4) is 0 Å². The zero-order chi connectivity index (χ0) is 14.0. The molecule has 0 aliphatic carbocycles. The largest absolute Gasteiger partial charge is 0.323 e. The second kappa shape index (κ2) is 5.55. The topological polar surface area (TPSA) is 29.3 Å². The third-order valence-electron chi connectivity index (χ3n) is 3.82. The van der Waals surface area contributed by atoms with Crippen molar-refractivity contribution >= 4 is 0 Å². The lowest BCUT2D eigenvalue weighted by Crippen LogP contribution is -2.43. The maximum absolute atomic E-state index is 13.7. The van der Waals surface area contributed by atoms with Crippen molar-refractivity contribution < 1.29 is 8.78 Å². The first kappa shape index (κ1) is 14.4. The SMILES string of the molecule is CC1(C)CCCN(CC(N)c2cccc(F)c2F)C1. The van der Waals surface area contributed by atoms with Crippen LogP contribution in [0.2, 0.25) is 0 Å². The summed E-state index contributed by atoms with van der Waals surface area (Å²) in [4.78, 5) is 2.25. The number of hydrogen-bond acceptors (Lipinski definition) is 2. The van der Waals surface area contributed by atoms with E-state index in [-0.39, 0.29) is 11.0 Å². The molecule has 106 valence electrons. The second-order valence-electron chi connectivity index (χ2n) is 6.25. The average Bonchev–Trinajstić information content (AvgIpc) is 2.31. The fourth-order valence-corrected chi connectivity index (χ4v) is 2.88. The molecule has 1 fully saturated rings. The van der Waals surface area contributed by atoms with Crippen molar-refractivity contribution in [3.63, 3.8) is 0 Å². The fourth-order valence-electron chi connectivity index (χ4n) is 2.88. The summed E-state index contributed by atoms with van der Waals surface area (Å²) in [6, 6.07) is 3.71. The summed E-state index contributed by atoms with van der Waals surface area (Å²) in [6.45, 7) is 6.97. The summed E-state index contributed by atoms with van der Waals surface area (Å²) < 4.78 is 26.9. The molecule has 0 radical (unpaired) electrons. The van der Waals surface area contributed by atoms with Crippen molar-refractivity contribution in [1.29, 1.82) is 0 Å². The van der Waals surface area contributed by atoms with Crippen LogP contribution in [0.25, 0.3) is 0 Å². The number of nitrogens with zero attached hydrogens (tertiary/aromatic N) is 1. The van der Waals surface area contributed by atoms with E-state index in [0.717, 1.165) is 25.6 Å². The van der Waals surface area contributed by atoms with Gasteiger partial charge in [0.15, 0.2) is 11.6 Å². The Hall–Kier alpha value is -1.00. The number of rotatable bonds is 3. The van der Waals surface area contributed by atoms with E-state index in [0.29, 0.717) is 6.54 Å². The molecule has 1 aromatic carbocycles. The van der Waals surface area contributed by atoms with Gasteiger partial charge in [-0.05, 0) is 30.9 Å². The highest BCUT2D eigenvalue weighted by Gasteiger charge is 2.28. The van der Waals surface area contributed by atoms with Gasteiger partial charge in [0.25, 0.3) is 0 Å². The lowest BCUT2D eigenvalue weighted by molar-refractivity contribution is 0.111. The lowest BCUT2D eigenvalue weighted by Gasteiger charge is -2.39. The summed E-state index contributed by atoms with van der Waals surface area (Å²) in [6.07, 6.45) is 2.33. The molecule has 1 aromatic rings. The van der Waals surface area contributed by atoms with Gasteiger partial charge in [-0.3, -0.25) is 0 Å². The average molecular weight is 268 g/mol. The van der Waals surface area contributed by atoms with Gasteiger partial charge in [0.05, 0.1) is 0 Å². The summed E-state index contributed by atoms with van der Waals surface area (Å²) in [5.41, 5.74) is 6.58. The van der Waals surface area contributed by atoms with E-state index >= 15 is 0 Å². The Bertz CT molecular complexity index is 446. The van der Waals surface area contributed by atoms with Gasteiger partial charge < -0.3 is 10.6 Å². The van der Waals surface area contributed by atoms with E-state index in [1.807, 2.05) is 0 Å². The van der Waals surface area contributed by atoms with Crippen molar-refractivity contribution in [3.05, 3.63) is 35.4 Å². The Morgan fingerprint density at radius 3 is 2.79 bits per heavy atom. The molecular formula is C15H22F2N2. The highest BCUT2D eigenvalue weighted by Crippen LogP contribution is 2.29. The fraction of sp³-hybridized carbons (Fsp3) is 0.600. The van der Waals surface area contributed by atoms with Gasteiger partial charge in [0.2, 0.25) is 0 Å². The van der Waals surface area contributed by atoms with E-state index in [9.17, 15) is 8.78 Å². The van der Waals surface area contributed by atoms with Crippen molar-refractivity contribution in [2.75, 3.05) is 19.6 Å². The van der Waals surface area contributed by atoms with Gasteiger partial charge in [-0.25, -0.2) is 8.78 Å². The van der Waals surface area contributed by atoms with E-state index in [1.54, 1.807) is 6.07 Å². The van der Waals surface area contributed by atoms with Gasteiger partial charge in [-0.2, -0.15) is 0 Å². The van der Waals surface area contributed by atoms with Gasteiger partial charge in [-0.15, -0.1) is 0 Å². The van der Waals surface area contributed by atoms with Crippen LogP contribution in [0.1, 0.15) is 38.3 Å². The molecule has 4 heteroatoms. The molecular weight excluding hydrogens is 246 g/mol. The highest BCUT2D eigenvalue weighted by atomic mass is 19.2. The van der Waals surface area contributed by atoms with Crippen LogP contribution in [0.15, 0.2) is 18.2 Å². The zero-order valence-electron chi connectivity index (χ0n) is 11.6. The van der Waals surface area contributed by atoms with Crippen LogP contribution in [0.4, 0.5) is 8.78 Å². The van der Waals surface area contributed by atoms with E-state index in [2.05, 4.69) is 18.7 Å². The second-order valence-corrected chi connectivity index (χ2v) is 6.25. The molecule has 0 aromatic heterocycles. The standard InChI is InChI=1S/C15H22F2N2/c1-15(2)7-4-8-19(10-15)9-13(18)11-5-3-6-12(16)14(11)17/h3,5-6,13H,4,7-10,18H2,1-2H3. The van der Waals surface area contributed by atoms with Crippen LogP contribution in [-0.4, -0.2) is 24.5 Å². The molecule has 1 aliphatic rings. The summed E-state index contributed by atoms with van der Waals surface area (Å²) in [7, 11) is 0. The van der Waals surface area contributed by atoms with E-state index < -0.39 is 17.7 Å². The molecule has 0 amide bonds. The van der Waals surface area contributed by atoms with Gasteiger partial charge in [0.1, 0.15) is 0 Å². The van der Waals surface area contributed by atoms with E-state index in [1.165, 1.54) is 12.5 Å². The smallest absolute Gasteiger partial charge is 0.163 e. The third-order valence-corrected chi connectivity index (χ3v) is 3.82. The minimum atomic E-state index is -0.827. The number of hydrogen-bond donors (Lipinski definition) is 1. The number of nitrogens with two attached hydrogens (primary N) is 1. The molecule has 19 heavy (non-hydrogen) atoms. The maximum atomic E-state index is 13.7. The van der Waals surface area contributed by atoms with Crippen LogP contribution in [-0.2, 0) is 0 Å². The monoisotopic (exact) mass is 268 g/mol. The zero-order valence-corrected chi connectivity index (χ0v) is 11.6. The lowest BCUT2D eigenvalue weighted by atomic mass is 9.84. The molecule has 1 aliphatic heterocycles. The first-order valence-corrected chi connectivity index (χ1v) is 6.81. The molecule has 1 saturated heterocycles. The highest BCUT2D eigenvalue weighted by molar-refractivity contribution is 5.22. The Kier molecular flexibility index (Phi) is 4.21. The number of likely N-dealkylation sites (tertiary alicyclic amines) is 1. The van der Waals surface area contributed by atoms with Crippen LogP contribution >= 0.6 is 0 Å². The van der Waals surface area contributed by atoms with Crippen LogP contribution in [0.3, 0.4) is 0 Å². The normalized spacial score (nSPS) is 21.3. The molecule has 1 unspecified atom stereocenters. The third kappa shape index (κ3) is 3.51. The van der Waals surface area contributed by atoms with Crippen molar-refractivity contribution in [1.82, 2.24) is 4.90 Å². The predicted octanol–water partition coefficient (Wildman–Crippen LogP) is 3.09. The predicted molar refractivity (Wildman–Crippen MR) is 72.7 cm³/mol. The molecule has 1 atom stereocenters. The molecule has 0 spiro atoms. The number of benzene rings is 1. The first-order valence-electron chi connectivity index (χ1n) is 6.81. The summed E-state index contributed by atoms with van der Waals surface area (Å²) in [5.74, 6) is -1.64. The van der Waals surface area contributed by atoms with Crippen LogP contribution < -0.4 is 5.73 Å². The Balaban J connectivity index is 2.04. The van der Waals surface area contributed by atoms with Gasteiger partial charge in [0, 0.05) is 24.7 Å². The molecule has 2 nitrogen and oxygen atoms in total. The number of piperidine rings is 1. The van der Waals surface area contributed by atoms with Crippen molar-refractivity contribution in [2.45, 2.75) is 32.7 Å². The maximum Gasteiger partial charge on any atom is 0.163 e. The molecule has 0 bridgehead atoms.